The van der Waals surface area contributed by atoms with Crippen molar-refractivity contribution in [3.8, 4) is 0 Å². The average molecular weight is 223 g/mol. The Balaban J connectivity index is 2.47. The Hall–Kier alpha value is -1.78. The van der Waals surface area contributed by atoms with Crippen LogP contribution < -0.4 is 10.6 Å². The first kappa shape index (κ1) is 12.3. The van der Waals surface area contributed by atoms with E-state index in [0.29, 0.717) is 6.61 Å². The van der Waals surface area contributed by atoms with Gasteiger partial charge in [-0.2, -0.15) is 0 Å². The molecule has 0 aromatic carbocycles. The molecule has 0 aliphatic carbocycles. The van der Waals surface area contributed by atoms with E-state index in [1.54, 1.807) is 19.2 Å². The van der Waals surface area contributed by atoms with Gasteiger partial charge in [-0.25, -0.2) is 4.98 Å². The summed E-state index contributed by atoms with van der Waals surface area (Å²) in [5.41, 5.74) is 0.846. The number of carbonyl (C=O) groups excluding carboxylic acids is 1. The summed E-state index contributed by atoms with van der Waals surface area (Å²) in [5.74, 6) is 0.528. The van der Waals surface area contributed by atoms with Crippen LogP contribution in [0.15, 0.2) is 18.3 Å². The molecule has 0 atom stereocenters. The first-order valence-corrected chi connectivity index (χ1v) is 5.35. The van der Waals surface area contributed by atoms with E-state index < -0.39 is 0 Å². The van der Waals surface area contributed by atoms with Gasteiger partial charge in [-0.05, 0) is 19.9 Å². The van der Waals surface area contributed by atoms with Gasteiger partial charge in [-0.15, -0.1) is 0 Å². The summed E-state index contributed by atoms with van der Waals surface area (Å²) in [5, 5.41) is 6.07. The molecule has 0 saturated heterocycles. The molecule has 5 heteroatoms. The maximum absolute atomic E-state index is 11.1. The lowest BCUT2D eigenvalue weighted by atomic mass is 10.3. The second-order valence-corrected chi connectivity index (χ2v) is 3.12. The number of rotatable bonds is 6. The average Bonchev–Trinajstić information content (AvgIpc) is 2.28. The van der Waals surface area contributed by atoms with Crippen molar-refractivity contribution in [1.82, 2.24) is 4.98 Å². The molecule has 0 unspecified atom stereocenters. The Bertz CT molecular complexity index is 342. The maximum atomic E-state index is 11.1. The fourth-order valence-electron chi connectivity index (χ4n) is 1.20. The zero-order chi connectivity index (χ0) is 11.8. The van der Waals surface area contributed by atoms with Gasteiger partial charge in [0.1, 0.15) is 12.4 Å². The Morgan fingerprint density at radius 1 is 1.44 bits per heavy atom. The molecule has 2 N–H and O–H groups in total. The number of aromatic nitrogens is 1. The maximum Gasteiger partial charge on any atom is 0.325 e. The zero-order valence-electron chi connectivity index (χ0n) is 9.62. The van der Waals surface area contributed by atoms with Gasteiger partial charge in [-0.1, -0.05) is 0 Å². The van der Waals surface area contributed by atoms with Crippen LogP contribution in [0.3, 0.4) is 0 Å². The third-order valence-electron chi connectivity index (χ3n) is 1.86. The van der Waals surface area contributed by atoms with Crippen molar-refractivity contribution >= 4 is 17.5 Å². The molecule has 0 radical (unpaired) electrons. The van der Waals surface area contributed by atoms with Crippen LogP contribution in [0.5, 0.6) is 0 Å². The summed E-state index contributed by atoms with van der Waals surface area (Å²) in [6.07, 6.45) is 1.69. The molecule has 16 heavy (non-hydrogen) atoms. The number of ether oxygens (including phenoxy) is 1. The van der Waals surface area contributed by atoms with E-state index in [4.69, 9.17) is 4.74 Å². The van der Waals surface area contributed by atoms with Gasteiger partial charge in [0.25, 0.3) is 0 Å². The molecule has 1 aromatic heterocycles. The van der Waals surface area contributed by atoms with E-state index in [0.717, 1.165) is 18.1 Å². The van der Waals surface area contributed by atoms with Crippen molar-refractivity contribution < 1.29 is 9.53 Å². The first-order chi connectivity index (χ1) is 7.76. The second kappa shape index (κ2) is 6.66. The minimum absolute atomic E-state index is 0.170. The number of carbonyl (C=O) groups is 1. The summed E-state index contributed by atoms with van der Waals surface area (Å²) >= 11 is 0. The largest absolute Gasteiger partial charge is 0.465 e. The fourth-order valence-corrected chi connectivity index (χ4v) is 1.20. The standard InChI is InChI=1S/C11H17N3O2/c1-3-12-10-7-9(5-6-13-10)14-8-11(15)16-4-2/h5-7H,3-4,8H2,1-2H3,(H2,12,13,14). The summed E-state index contributed by atoms with van der Waals surface area (Å²) in [6.45, 7) is 5.17. The van der Waals surface area contributed by atoms with Crippen molar-refractivity contribution in [3.63, 3.8) is 0 Å². The molecule has 5 nitrogen and oxygen atoms in total. The minimum Gasteiger partial charge on any atom is -0.465 e. The molecule has 0 fully saturated rings. The predicted molar refractivity (Wildman–Crippen MR) is 63.5 cm³/mol. The molecule has 0 bridgehead atoms. The van der Waals surface area contributed by atoms with Crippen LogP contribution in [0.1, 0.15) is 13.8 Å². The predicted octanol–water partition coefficient (Wildman–Crippen LogP) is 1.49. The molecule has 0 aliphatic heterocycles. The third-order valence-corrected chi connectivity index (χ3v) is 1.86. The summed E-state index contributed by atoms with van der Waals surface area (Å²) < 4.78 is 4.81. The minimum atomic E-state index is -0.260. The number of anilines is 2. The summed E-state index contributed by atoms with van der Waals surface area (Å²) in [6, 6.07) is 3.66. The number of hydrogen-bond acceptors (Lipinski definition) is 5. The van der Waals surface area contributed by atoms with Crippen LogP contribution in [0.4, 0.5) is 11.5 Å². The van der Waals surface area contributed by atoms with Gasteiger partial charge in [0.2, 0.25) is 0 Å². The van der Waals surface area contributed by atoms with E-state index in [1.807, 2.05) is 13.0 Å². The van der Waals surface area contributed by atoms with E-state index in [-0.39, 0.29) is 12.5 Å². The Labute approximate surface area is 95.2 Å². The van der Waals surface area contributed by atoms with E-state index in [1.165, 1.54) is 0 Å². The Morgan fingerprint density at radius 2 is 2.25 bits per heavy atom. The van der Waals surface area contributed by atoms with Crippen LogP contribution in [-0.2, 0) is 9.53 Å². The fraction of sp³-hybridized carbons (Fsp3) is 0.455. The lowest BCUT2D eigenvalue weighted by molar-refractivity contribution is -0.140. The number of esters is 1. The number of nitrogens with zero attached hydrogens (tertiary/aromatic N) is 1. The number of nitrogens with one attached hydrogen (secondary N) is 2. The molecular weight excluding hydrogens is 206 g/mol. The molecule has 1 rings (SSSR count). The SMILES string of the molecule is CCNc1cc(NCC(=O)OCC)ccn1. The molecule has 0 amide bonds. The van der Waals surface area contributed by atoms with E-state index >= 15 is 0 Å². The van der Waals surface area contributed by atoms with E-state index in [9.17, 15) is 4.79 Å². The van der Waals surface area contributed by atoms with Gasteiger partial charge in [0.05, 0.1) is 6.61 Å². The lowest BCUT2D eigenvalue weighted by Gasteiger charge is -2.07. The van der Waals surface area contributed by atoms with Crippen LogP contribution >= 0.6 is 0 Å². The van der Waals surface area contributed by atoms with Crippen LogP contribution in [0.2, 0.25) is 0 Å². The lowest BCUT2D eigenvalue weighted by Crippen LogP contribution is -2.16. The highest BCUT2D eigenvalue weighted by atomic mass is 16.5. The Kier molecular flexibility index (Phi) is 5.11. The van der Waals surface area contributed by atoms with Crippen molar-refractivity contribution in [2.45, 2.75) is 13.8 Å². The molecule has 88 valence electrons. The van der Waals surface area contributed by atoms with Gasteiger partial charge in [0.15, 0.2) is 0 Å². The molecule has 1 aromatic rings. The summed E-state index contributed by atoms with van der Waals surface area (Å²) in [7, 11) is 0. The van der Waals surface area contributed by atoms with Gasteiger partial charge < -0.3 is 15.4 Å². The highest BCUT2D eigenvalue weighted by Crippen LogP contribution is 2.11. The normalized spacial score (nSPS) is 9.62. The van der Waals surface area contributed by atoms with Crippen molar-refractivity contribution in [3.05, 3.63) is 18.3 Å². The molecule has 0 saturated carbocycles. The van der Waals surface area contributed by atoms with Crippen LogP contribution in [0, 0.1) is 0 Å². The molecular formula is C11H17N3O2. The molecule has 0 spiro atoms. The monoisotopic (exact) mass is 223 g/mol. The molecule has 0 aliphatic rings. The molecule has 1 heterocycles. The van der Waals surface area contributed by atoms with E-state index in [2.05, 4.69) is 15.6 Å². The quantitative estimate of drug-likeness (QED) is 0.715. The van der Waals surface area contributed by atoms with Gasteiger partial charge in [0, 0.05) is 24.5 Å². The highest BCUT2D eigenvalue weighted by molar-refractivity contribution is 5.75. The smallest absolute Gasteiger partial charge is 0.325 e. The van der Waals surface area contributed by atoms with Crippen molar-refractivity contribution in [1.29, 1.82) is 0 Å². The topological polar surface area (TPSA) is 63.2 Å². The first-order valence-electron chi connectivity index (χ1n) is 5.35. The summed E-state index contributed by atoms with van der Waals surface area (Å²) in [4.78, 5) is 15.2. The number of pyridine rings is 1. The van der Waals surface area contributed by atoms with Crippen molar-refractivity contribution in [2.75, 3.05) is 30.3 Å². The second-order valence-electron chi connectivity index (χ2n) is 3.12. The number of hydrogen-bond donors (Lipinski definition) is 2. The Morgan fingerprint density at radius 3 is 2.94 bits per heavy atom. The zero-order valence-corrected chi connectivity index (χ0v) is 9.62. The third kappa shape index (κ3) is 4.16. The van der Waals surface area contributed by atoms with Crippen LogP contribution in [0.25, 0.3) is 0 Å². The van der Waals surface area contributed by atoms with Crippen molar-refractivity contribution in [2.24, 2.45) is 0 Å². The van der Waals surface area contributed by atoms with Crippen LogP contribution in [-0.4, -0.2) is 30.6 Å². The van der Waals surface area contributed by atoms with Gasteiger partial charge >= 0.3 is 5.97 Å². The van der Waals surface area contributed by atoms with Gasteiger partial charge in [-0.3, -0.25) is 4.79 Å². The highest BCUT2D eigenvalue weighted by Gasteiger charge is 2.01.